The van der Waals surface area contributed by atoms with E-state index in [1.165, 1.54) is 18.9 Å². The number of aromatic nitrogens is 2. The van der Waals surface area contributed by atoms with Crippen LogP contribution in [0.15, 0.2) is 16.9 Å². The molecule has 0 radical (unpaired) electrons. The normalized spacial score (nSPS) is 19.6. The van der Waals surface area contributed by atoms with Crippen LogP contribution in [0.1, 0.15) is 35.3 Å². The van der Waals surface area contributed by atoms with E-state index in [4.69, 9.17) is 18.9 Å². The predicted molar refractivity (Wildman–Crippen MR) is 113 cm³/mol. The highest BCUT2D eigenvalue weighted by Gasteiger charge is 2.35. The predicted octanol–water partition coefficient (Wildman–Crippen LogP) is 2.33. The van der Waals surface area contributed by atoms with Crippen molar-refractivity contribution in [3.8, 4) is 17.2 Å². The summed E-state index contributed by atoms with van der Waals surface area (Å²) in [6, 6.07) is 3.69. The van der Waals surface area contributed by atoms with Crippen molar-refractivity contribution >= 4 is 23.5 Å². The average Bonchev–Trinajstić information content (AvgIpc) is 2.98. The summed E-state index contributed by atoms with van der Waals surface area (Å²) >= 11 is 1.38. The molecule has 1 unspecified atom stereocenters. The van der Waals surface area contributed by atoms with Gasteiger partial charge in [0.25, 0.3) is 5.56 Å². The summed E-state index contributed by atoms with van der Waals surface area (Å²) in [5.74, 6) is 2.03. The third-order valence-electron chi connectivity index (χ3n) is 5.44. The van der Waals surface area contributed by atoms with Gasteiger partial charge in [-0.2, -0.15) is 0 Å². The van der Waals surface area contributed by atoms with Crippen LogP contribution in [0, 0.1) is 0 Å². The smallest absolute Gasteiger partial charge is 0.270 e. The zero-order valence-corrected chi connectivity index (χ0v) is 18.0. The average molecular weight is 436 g/mol. The Bertz CT molecular complexity index is 995. The molecule has 2 aromatic rings. The molecule has 30 heavy (non-hydrogen) atoms. The van der Waals surface area contributed by atoms with Crippen LogP contribution < -0.4 is 25.1 Å². The number of nitrogens with one attached hydrogen (secondary N) is 2. The van der Waals surface area contributed by atoms with Gasteiger partial charge in [-0.15, -0.1) is 11.8 Å². The SMILES string of the molecule is COc1ccc(C2SCC(=O)Nc3c2c(=O)[nH]n3C2CCOCC2)c(OC)c1OC. The highest BCUT2D eigenvalue weighted by molar-refractivity contribution is 8.00. The van der Waals surface area contributed by atoms with Crippen molar-refractivity contribution in [2.45, 2.75) is 24.1 Å². The minimum atomic E-state index is -0.418. The molecule has 4 rings (SSSR count). The van der Waals surface area contributed by atoms with E-state index in [0.29, 0.717) is 41.8 Å². The van der Waals surface area contributed by atoms with Gasteiger partial charge in [0.1, 0.15) is 5.82 Å². The molecule has 1 saturated heterocycles. The third kappa shape index (κ3) is 3.54. The van der Waals surface area contributed by atoms with Crippen molar-refractivity contribution in [2.24, 2.45) is 0 Å². The molecule has 3 heterocycles. The number of thioether (sulfide) groups is 1. The Labute approximate surface area is 178 Å². The Hall–Kier alpha value is -2.59. The van der Waals surface area contributed by atoms with Crippen molar-refractivity contribution in [3.63, 3.8) is 0 Å². The number of aromatic amines is 1. The first-order valence-corrected chi connectivity index (χ1v) is 10.8. The number of H-pyrrole nitrogens is 1. The molecule has 1 aromatic heterocycles. The van der Waals surface area contributed by atoms with Gasteiger partial charge in [0.15, 0.2) is 11.5 Å². The molecule has 1 aromatic carbocycles. The van der Waals surface area contributed by atoms with Crippen LogP contribution in [0.3, 0.4) is 0 Å². The summed E-state index contributed by atoms with van der Waals surface area (Å²) in [5.41, 5.74) is 1.02. The van der Waals surface area contributed by atoms with E-state index < -0.39 is 5.25 Å². The molecule has 0 saturated carbocycles. The number of ether oxygens (including phenoxy) is 4. The standard InChI is InChI=1S/C20H25N3O6S/c1-26-13-5-4-12(16(27-2)17(13)28-3)18-15-19(21-14(24)10-30-18)23(22-20(15)25)11-6-8-29-9-7-11/h4-5,11,18H,6-10H2,1-3H3,(H,21,24)(H,22,25). The Morgan fingerprint density at radius 1 is 1.07 bits per heavy atom. The lowest BCUT2D eigenvalue weighted by atomic mass is 10.0. The molecule has 10 heteroatoms. The number of hydrogen-bond acceptors (Lipinski definition) is 7. The van der Waals surface area contributed by atoms with Crippen LogP contribution in [0.2, 0.25) is 0 Å². The van der Waals surface area contributed by atoms with Gasteiger partial charge in [-0.1, -0.05) is 0 Å². The van der Waals surface area contributed by atoms with Crippen molar-refractivity contribution in [3.05, 3.63) is 33.6 Å². The second-order valence-corrected chi connectivity index (χ2v) is 8.17. The van der Waals surface area contributed by atoms with E-state index in [-0.39, 0.29) is 23.3 Å². The number of carbonyl (C=O) groups excluding carboxylic acids is 1. The van der Waals surface area contributed by atoms with Gasteiger partial charge in [0, 0.05) is 18.8 Å². The first-order valence-electron chi connectivity index (χ1n) is 9.71. The summed E-state index contributed by atoms with van der Waals surface area (Å²) in [4.78, 5) is 25.6. The molecule has 0 aliphatic carbocycles. The highest BCUT2D eigenvalue weighted by atomic mass is 32.2. The highest BCUT2D eigenvalue weighted by Crippen LogP contribution is 2.49. The molecule has 2 aliphatic heterocycles. The third-order valence-corrected chi connectivity index (χ3v) is 6.69. The van der Waals surface area contributed by atoms with Gasteiger partial charge in [-0.25, -0.2) is 0 Å². The summed E-state index contributed by atoms with van der Waals surface area (Å²) in [7, 11) is 4.63. The van der Waals surface area contributed by atoms with E-state index >= 15 is 0 Å². The Balaban J connectivity index is 1.87. The van der Waals surface area contributed by atoms with Crippen molar-refractivity contribution < 1.29 is 23.7 Å². The lowest BCUT2D eigenvalue weighted by Gasteiger charge is -2.25. The first-order chi connectivity index (χ1) is 14.6. The van der Waals surface area contributed by atoms with Crippen molar-refractivity contribution in [1.82, 2.24) is 9.78 Å². The number of carbonyl (C=O) groups is 1. The molecule has 1 atom stereocenters. The van der Waals surface area contributed by atoms with Crippen LogP contribution in [0.5, 0.6) is 17.2 Å². The number of hydrogen-bond donors (Lipinski definition) is 2. The fourth-order valence-corrected chi connectivity index (χ4v) is 5.18. The number of benzene rings is 1. The van der Waals surface area contributed by atoms with Gasteiger partial charge >= 0.3 is 0 Å². The molecule has 2 N–H and O–H groups in total. The second-order valence-electron chi connectivity index (χ2n) is 7.08. The zero-order valence-electron chi connectivity index (χ0n) is 17.1. The number of amides is 1. The van der Waals surface area contributed by atoms with Crippen molar-refractivity contribution in [2.75, 3.05) is 45.6 Å². The van der Waals surface area contributed by atoms with Gasteiger partial charge in [-0.05, 0) is 25.0 Å². The molecule has 162 valence electrons. The molecular weight excluding hydrogens is 410 g/mol. The maximum absolute atomic E-state index is 13.1. The molecule has 9 nitrogen and oxygen atoms in total. The van der Waals surface area contributed by atoms with Crippen LogP contribution in [-0.4, -0.2) is 56.0 Å². The lowest BCUT2D eigenvalue weighted by Crippen LogP contribution is -2.24. The van der Waals surface area contributed by atoms with E-state index in [1.54, 1.807) is 25.0 Å². The number of fused-ring (bicyclic) bond motifs is 1. The maximum atomic E-state index is 13.1. The van der Waals surface area contributed by atoms with Crippen LogP contribution in [0.4, 0.5) is 5.82 Å². The molecule has 1 amide bonds. The Morgan fingerprint density at radius 2 is 1.80 bits per heavy atom. The van der Waals surface area contributed by atoms with Gasteiger partial charge in [-0.3, -0.25) is 19.4 Å². The molecular formula is C20H25N3O6S. The Kier molecular flexibility index (Phi) is 5.96. The molecule has 0 bridgehead atoms. The van der Waals surface area contributed by atoms with Gasteiger partial charge in [0.05, 0.1) is 43.9 Å². The minimum absolute atomic E-state index is 0.0616. The van der Waals surface area contributed by atoms with Crippen LogP contribution in [0.25, 0.3) is 0 Å². The second kappa shape index (κ2) is 8.65. The van der Waals surface area contributed by atoms with E-state index in [2.05, 4.69) is 10.4 Å². The largest absolute Gasteiger partial charge is 0.493 e. The summed E-state index contributed by atoms with van der Waals surface area (Å²) < 4.78 is 23.8. The van der Waals surface area contributed by atoms with Gasteiger partial charge < -0.3 is 24.3 Å². The minimum Gasteiger partial charge on any atom is -0.493 e. The monoisotopic (exact) mass is 435 g/mol. The number of nitrogens with zero attached hydrogens (tertiary/aromatic N) is 1. The van der Waals surface area contributed by atoms with Gasteiger partial charge in [0.2, 0.25) is 11.7 Å². The lowest BCUT2D eigenvalue weighted by molar-refractivity contribution is -0.113. The van der Waals surface area contributed by atoms with Crippen LogP contribution >= 0.6 is 11.8 Å². The topological polar surface area (TPSA) is 104 Å². The Morgan fingerprint density at radius 3 is 2.47 bits per heavy atom. The van der Waals surface area contributed by atoms with E-state index in [9.17, 15) is 9.59 Å². The van der Waals surface area contributed by atoms with Crippen LogP contribution in [-0.2, 0) is 9.53 Å². The number of rotatable bonds is 5. The molecule has 0 spiro atoms. The first kappa shape index (κ1) is 20.7. The maximum Gasteiger partial charge on any atom is 0.270 e. The number of anilines is 1. The zero-order chi connectivity index (χ0) is 21.3. The summed E-state index contributed by atoms with van der Waals surface area (Å²) in [6.07, 6.45) is 1.54. The number of methoxy groups -OCH3 is 3. The quantitative estimate of drug-likeness (QED) is 0.743. The fraction of sp³-hybridized carbons (Fsp3) is 0.500. The summed E-state index contributed by atoms with van der Waals surface area (Å²) in [5, 5.41) is 5.46. The summed E-state index contributed by atoms with van der Waals surface area (Å²) in [6.45, 7) is 1.24. The van der Waals surface area contributed by atoms with E-state index in [1.807, 2.05) is 6.07 Å². The fourth-order valence-electron chi connectivity index (χ4n) is 4.04. The molecule has 1 fully saturated rings. The van der Waals surface area contributed by atoms with E-state index in [0.717, 1.165) is 18.4 Å². The van der Waals surface area contributed by atoms with Crippen molar-refractivity contribution in [1.29, 1.82) is 0 Å². The molecule has 2 aliphatic rings.